The Morgan fingerprint density at radius 2 is 1.93 bits per heavy atom. The summed E-state index contributed by atoms with van der Waals surface area (Å²) in [6.45, 7) is 6.17. The molecule has 0 aromatic carbocycles. The van der Waals surface area contributed by atoms with E-state index in [2.05, 4.69) is 37.4 Å². The van der Waals surface area contributed by atoms with Gasteiger partial charge >= 0.3 is 5.97 Å². The minimum absolute atomic E-state index is 0.00697. The molecule has 0 spiro atoms. The van der Waals surface area contributed by atoms with Crippen LogP contribution in [0.5, 0.6) is 0 Å². The van der Waals surface area contributed by atoms with Crippen molar-refractivity contribution in [2.75, 3.05) is 0 Å². The van der Waals surface area contributed by atoms with E-state index in [1.807, 2.05) is 0 Å². The summed E-state index contributed by atoms with van der Waals surface area (Å²) < 4.78 is 5.51. The summed E-state index contributed by atoms with van der Waals surface area (Å²) in [5.74, 6) is 0.649. The van der Waals surface area contributed by atoms with Gasteiger partial charge in [0.15, 0.2) is 0 Å². The number of allylic oxidation sites excluding steroid dienone is 2. The standard InChI is InChI=1S/C25H34O4S/c1-14(26)29-15-8-10-25(3)18-9-11-24(2)16(20-5-4-12-30-20)6-7-17(24)21(18)23(28)22(27)19(25)13-15/h4-6,12,15,17-19,21-23,27-28H,7-11,13H2,1-3H3. The fraction of sp³-hybridized carbons (Fsp3) is 0.720. The van der Waals surface area contributed by atoms with Gasteiger partial charge in [-0.3, -0.25) is 4.79 Å². The van der Waals surface area contributed by atoms with Crippen molar-refractivity contribution >= 4 is 22.9 Å². The lowest BCUT2D eigenvalue weighted by Crippen LogP contribution is -2.64. The zero-order valence-electron chi connectivity index (χ0n) is 18.2. The van der Waals surface area contributed by atoms with Gasteiger partial charge < -0.3 is 14.9 Å². The zero-order chi connectivity index (χ0) is 21.3. The maximum atomic E-state index is 11.5. The van der Waals surface area contributed by atoms with Gasteiger partial charge in [-0.05, 0) is 90.0 Å². The Hall–Kier alpha value is -1.17. The third-order valence-electron chi connectivity index (χ3n) is 9.41. The largest absolute Gasteiger partial charge is 0.463 e. The molecule has 1 aromatic rings. The zero-order valence-corrected chi connectivity index (χ0v) is 19.0. The van der Waals surface area contributed by atoms with E-state index in [0.29, 0.717) is 18.3 Å². The van der Waals surface area contributed by atoms with Gasteiger partial charge in [0.1, 0.15) is 6.10 Å². The van der Waals surface area contributed by atoms with Crippen molar-refractivity contribution in [1.29, 1.82) is 0 Å². The molecule has 0 bridgehead atoms. The topological polar surface area (TPSA) is 66.8 Å². The van der Waals surface area contributed by atoms with E-state index in [9.17, 15) is 15.0 Å². The van der Waals surface area contributed by atoms with Crippen LogP contribution >= 0.6 is 11.3 Å². The minimum Gasteiger partial charge on any atom is -0.463 e. The van der Waals surface area contributed by atoms with Crippen LogP contribution in [-0.2, 0) is 9.53 Å². The van der Waals surface area contributed by atoms with Crippen molar-refractivity contribution in [1.82, 2.24) is 0 Å². The quantitative estimate of drug-likeness (QED) is 0.670. The molecule has 1 aromatic heterocycles. The molecule has 5 rings (SSSR count). The molecule has 3 fully saturated rings. The van der Waals surface area contributed by atoms with Crippen LogP contribution in [0.3, 0.4) is 0 Å². The van der Waals surface area contributed by atoms with Crippen LogP contribution in [-0.4, -0.2) is 34.5 Å². The monoisotopic (exact) mass is 430 g/mol. The highest BCUT2D eigenvalue weighted by atomic mass is 32.1. The van der Waals surface area contributed by atoms with Gasteiger partial charge in [0.05, 0.1) is 12.2 Å². The first-order valence-corrected chi connectivity index (χ1v) is 12.4. The van der Waals surface area contributed by atoms with Crippen LogP contribution in [0.25, 0.3) is 5.57 Å². The van der Waals surface area contributed by atoms with Gasteiger partial charge in [-0.1, -0.05) is 26.0 Å². The highest BCUT2D eigenvalue weighted by Crippen LogP contribution is 2.67. The molecular weight excluding hydrogens is 396 g/mol. The summed E-state index contributed by atoms with van der Waals surface area (Å²) >= 11 is 1.81. The highest BCUT2D eigenvalue weighted by molar-refractivity contribution is 7.11. The number of esters is 1. The first kappa shape index (κ1) is 20.7. The Bertz CT molecular complexity index is 847. The molecule has 9 atom stereocenters. The summed E-state index contributed by atoms with van der Waals surface area (Å²) in [5.41, 5.74) is 1.52. The molecule has 0 aliphatic heterocycles. The van der Waals surface area contributed by atoms with Gasteiger partial charge in [-0.2, -0.15) is 0 Å². The van der Waals surface area contributed by atoms with Gasteiger partial charge in [-0.15, -0.1) is 11.3 Å². The average molecular weight is 431 g/mol. The van der Waals surface area contributed by atoms with E-state index >= 15 is 0 Å². The number of aliphatic hydroxyl groups excluding tert-OH is 2. The van der Waals surface area contributed by atoms with Gasteiger partial charge in [0, 0.05) is 11.8 Å². The van der Waals surface area contributed by atoms with E-state index in [1.165, 1.54) is 17.4 Å². The average Bonchev–Trinajstić information content (AvgIpc) is 3.33. The number of fused-ring (bicyclic) bond motifs is 5. The summed E-state index contributed by atoms with van der Waals surface area (Å²) in [7, 11) is 0. The molecule has 2 N–H and O–H groups in total. The number of hydrogen-bond acceptors (Lipinski definition) is 5. The molecule has 9 unspecified atom stereocenters. The van der Waals surface area contributed by atoms with Crippen molar-refractivity contribution in [3.8, 4) is 0 Å². The molecule has 0 saturated heterocycles. The Labute approximate surface area is 183 Å². The second kappa shape index (κ2) is 7.18. The van der Waals surface area contributed by atoms with Crippen LogP contribution in [0.2, 0.25) is 0 Å². The van der Waals surface area contributed by atoms with Gasteiger partial charge in [0.2, 0.25) is 0 Å². The van der Waals surface area contributed by atoms with Crippen LogP contribution < -0.4 is 0 Å². The third-order valence-corrected chi connectivity index (χ3v) is 10.3. The lowest BCUT2D eigenvalue weighted by Gasteiger charge is -2.63. The van der Waals surface area contributed by atoms with Crippen molar-refractivity contribution < 1.29 is 19.7 Å². The number of aliphatic hydroxyl groups is 2. The second-order valence-corrected chi connectivity index (χ2v) is 11.6. The SMILES string of the molecule is CC(=O)OC1CCC2(C)C(C1)C(O)C(O)C1C3CC=C(c4cccs4)C3(C)CCC12. The lowest BCUT2D eigenvalue weighted by atomic mass is 9.43. The van der Waals surface area contributed by atoms with E-state index in [0.717, 1.165) is 32.1 Å². The Balaban J connectivity index is 1.45. The normalized spacial score (nSPS) is 47.6. The Kier molecular flexibility index (Phi) is 4.96. The summed E-state index contributed by atoms with van der Waals surface area (Å²) in [5, 5.41) is 24.8. The predicted molar refractivity (Wildman–Crippen MR) is 118 cm³/mol. The Morgan fingerprint density at radius 3 is 2.63 bits per heavy atom. The fourth-order valence-corrected chi connectivity index (χ4v) is 8.86. The molecule has 1 heterocycles. The molecule has 0 amide bonds. The molecule has 4 aliphatic rings. The van der Waals surface area contributed by atoms with E-state index in [-0.39, 0.29) is 34.7 Å². The van der Waals surface area contributed by atoms with Gasteiger partial charge in [-0.25, -0.2) is 0 Å². The smallest absolute Gasteiger partial charge is 0.302 e. The second-order valence-electron chi connectivity index (χ2n) is 10.7. The number of thiophene rings is 1. The van der Waals surface area contributed by atoms with Crippen LogP contribution in [0.1, 0.15) is 64.2 Å². The third kappa shape index (κ3) is 2.88. The van der Waals surface area contributed by atoms with Gasteiger partial charge in [0.25, 0.3) is 0 Å². The fourth-order valence-electron chi connectivity index (χ4n) is 7.95. The summed E-state index contributed by atoms with van der Waals surface area (Å²) in [4.78, 5) is 12.8. The molecule has 4 aliphatic carbocycles. The van der Waals surface area contributed by atoms with Crippen LogP contribution in [0.4, 0.5) is 0 Å². The molecule has 0 radical (unpaired) electrons. The van der Waals surface area contributed by atoms with Crippen molar-refractivity contribution in [3.05, 3.63) is 28.5 Å². The summed E-state index contributed by atoms with van der Waals surface area (Å²) in [6, 6.07) is 4.34. The molecule has 5 heteroatoms. The van der Waals surface area contributed by atoms with Crippen molar-refractivity contribution in [3.63, 3.8) is 0 Å². The first-order valence-electron chi connectivity index (χ1n) is 11.5. The highest BCUT2D eigenvalue weighted by Gasteiger charge is 2.64. The van der Waals surface area contributed by atoms with Crippen LogP contribution in [0.15, 0.2) is 23.6 Å². The van der Waals surface area contributed by atoms with Crippen molar-refractivity contribution in [2.24, 2.45) is 34.5 Å². The van der Waals surface area contributed by atoms with Crippen LogP contribution in [0, 0.1) is 34.5 Å². The van der Waals surface area contributed by atoms with E-state index in [4.69, 9.17) is 4.74 Å². The number of carbonyl (C=O) groups is 1. The number of hydrogen-bond donors (Lipinski definition) is 2. The van der Waals surface area contributed by atoms with E-state index in [1.54, 1.807) is 11.3 Å². The molecule has 164 valence electrons. The number of rotatable bonds is 2. The first-order chi connectivity index (χ1) is 14.3. The Morgan fingerprint density at radius 1 is 1.13 bits per heavy atom. The molecule has 4 nitrogen and oxygen atoms in total. The maximum Gasteiger partial charge on any atom is 0.302 e. The van der Waals surface area contributed by atoms with E-state index < -0.39 is 12.2 Å². The minimum atomic E-state index is -0.747. The number of ether oxygens (including phenoxy) is 1. The predicted octanol–water partition coefficient (Wildman–Crippen LogP) is 4.66. The number of carbonyl (C=O) groups excluding carboxylic acids is 1. The molecular formula is C25H34O4S. The molecule has 3 saturated carbocycles. The lowest BCUT2D eigenvalue weighted by molar-refractivity contribution is -0.219. The summed E-state index contributed by atoms with van der Waals surface area (Å²) in [6.07, 6.45) is 6.53. The van der Waals surface area contributed by atoms with Crippen molar-refractivity contribution in [2.45, 2.75) is 77.6 Å². The molecule has 30 heavy (non-hydrogen) atoms. The maximum absolute atomic E-state index is 11.5.